The van der Waals surface area contributed by atoms with E-state index in [0.29, 0.717) is 5.92 Å². The largest absolute Gasteiger partial charge is 0.330 e. The molecule has 19 heavy (non-hydrogen) atoms. The van der Waals surface area contributed by atoms with Gasteiger partial charge >= 0.3 is 0 Å². The Balaban J connectivity index is 2.06. The number of hydrogen-bond donors (Lipinski definition) is 1. The highest BCUT2D eigenvalue weighted by Gasteiger charge is 2.10. The summed E-state index contributed by atoms with van der Waals surface area (Å²) in [6.07, 6.45) is 2.13. The van der Waals surface area contributed by atoms with Gasteiger partial charge in [-0.1, -0.05) is 54.1 Å². The molecule has 1 nitrogen and oxygen atoms in total. The summed E-state index contributed by atoms with van der Waals surface area (Å²) in [6, 6.07) is 17.3. The van der Waals surface area contributed by atoms with Gasteiger partial charge < -0.3 is 5.73 Å². The molecule has 0 spiro atoms. The van der Waals surface area contributed by atoms with Crippen LogP contribution in [0.5, 0.6) is 0 Å². The van der Waals surface area contributed by atoms with E-state index in [1.807, 2.05) is 0 Å². The minimum atomic E-state index is 0.517. The average molecular weight is 253 g/mol. The van der Waals surface area contributed by atoms with Crippen LogP contribution < -0.4 is 5.73 Å². The molecule has 0 fully saturated rings. The van der Waals surface area contributed by atoms with Crippen molar-refractivity contribution in [3.05, 3.63) is 70.8 Å². The van der Waals surface area contributed by atoms with E-state index in [2.05, 4.69) is 62.4 Å². The van der Waals surface area contributed by atoms with E-state index < -0.39 is 0 Å². The maximum Gasteiger partial charge on any atom is -0.00425 e. The Morgan fingerprint density at radius 1 is 0.947 bits per heavy atom. The summed E-state index contributed by atoms with van der Waals surface area (Å²) in [4.78, 5) is 0. The first-order valence-electron chi connectivity index (χ1n) is 6.99. The van der Waals surface area contributed by atoms with Crippen molar-refractivity contribution >= 4 is 0 Å². The Hall–Kier alpha value is -1.60. The first-order chi connectivity index (χ1) is 9.19. The summed E-state index contributed by atoms with van der Waals surface area (Å²) in [5.41, 5.74) is 11.5. The number of nitrogens with two attached hydrogens (primary N) is 1. The molecular weight excluding hydrogens is 230 g/mol. The average Bonchev–Trinajstić information content (AvgIpc) is 2.42. The monoisotopic (exact) mass is 253 g/mol. The maximum absolute atomic E-state index is 5.95. The third-order valence-electron chi connectivity index (χ3n) is 3.71. The Bertz CT molecular complexity index is 516. The zero-order valence-electron chi connectivity index (χ0n) is 11.9. The molecule has 1 unspecified atom stereocenters. The lowest BCUT2D eigenvalue weighted by Gasteiger charge is -2.16. The van der Waals surface area contributed by atoms with Crippen LogP contribution in [-0.4, -0.2) is 6.54 Å². The summed E-state index contributed by atoms with van der Waals surface area (Å²) in [5.74, 6) is 0.517. The molecule has 0 heterocycles. The zero-order chi connectivity index (χ0) is 13.7. The molecule has 2 rings (SSSR count). The van der Waals surface area contributed by atoms with Gasteiger partial charge in [0.15, 0.2) is 0 Å². The number of aryl methyl sites for hydroxylation is 2. The highest BCUT2D eigenvalue weighted by molar-refractivity contribution is 5.31. The molecule has 0 aliphatic rings. The molecule has 1 heteroatoms. The molecule has 0 aromatic heterocycles. The number of rotatable bonds is 5. The second kappa shape index (κ2) is 6.53. The zero-order valence-corrected chi connectivity index (χ0v) is 11.9. The minimum Gasteiger partial charge on any atom is -0.330 e. The van der Waals surface area contributed by atoms with Crippen LogP contribution in [0.2, 0.25) is 0 Å². The molecule has 0 radical (unpaired) electrons. The number of benzene rings is 2. The molecular formula is C18H23N. The lowest BCUT2D eigenvalue weighted by Crippen LogP contribution is -2.19. The summed E-state index contributed by atoms with van der Waals surface area (Å²) < 4.78 is 0. The molecule has 0 saturated carbocycles. The van der Waals surface area contributed by atoms with Gasteiger partial charge in [-0.15, -0.1) is 0 Å². The summed E-state index contributed by atoms with van der Waals surface area (Å²) in [6.45, 7) is 5.07. The SMILES string of the molecule is Cc1ccc(CC(CN)Cc2ccccc2)c(C)c1. The fraction of sp³-hybridized carbons (Fsp3) is 0.333. The van der Waals surface area contributed by atoms with Crippen molar-refractivity contribution in [2.75, 3.05) is 6.54 Å². The second-order valence-electron chi connectivity index (χ2n) is 5.43. The van der Waals surface area contributed by atoms with E-state index in [0.717, 1.165) is 19.4 Å². The normalized spacial score (nSPS) is 12.4. The third kappa shape index (κ3) is 3.93. The van der Waals surface area contributed by atoms with Gasteiger partial charge in [0.25, 0.3) is 0 Å². The Labute approximate surface area is 116 Å². The molecule has 0 bridgehead atoms. The highest BCUT2D eigenvalue weighted by atomic mass is 14.5. The molecule has 2 aromatic rings. The molecule has 0 aliphatic heterocycles. The first kappa shape index (κ1) is 13.8. The summed E-state index contributed by atoms with van der Waals surface area (Å²) in [5, 5.41) is 0. The van der Waals surface area contributed by atoms with Gasteiger partial charge in [-0.3, -0.25) is 0 Å². The van der Waals surface area contributed by atoms with Gasteiger partial charge in [0.2, 0.25) is 0 Å². The van der Waals surface area contributed by atoms with Crippen LogP contribution in [0.15, 0.2) is 48.5 Å². The Kier molecular flexibility index (Phi) is 4.75. The quantitative estimate of drug-likeness (QED) is 0.864. The topological polar surface area (TPSA) is 26.0 Å². The smallest absolute Gasteiger partial charge is 0.00425 e. The van der Waals surface area contributed by atoms with Gasteiger partial charge in [-0.25, -0.2) is 0 Å². The van der Waals surface area contributed by atoms with Crippen molar-refractivity contribution in [3.63, 3.8) is 0 Å². The molecule has 0 amide bonds. The van der Waals surface area contributed by atoms with Crippen molar-refractivity contribution in [2.45, 2.75) is 26.7 Å². The van der Waals surface area contributed by atoms with Gasteiger partial charge in [0.1, 0.15) is 0 Å². The van der Waals surface area contributed by atoms with Gasteiger partial charge in [0, 0.05) is 0 Å². The maximum atomic E-state index is 5.95. The Morgan fingerprint density at radius 3 is 2.32 bits per heavy atom. The van der Waals surface area contributed by atoms with Crippen LogP contribution in [0, 0.1) is 19.8 Å². The highest BCUT2D eigenvalue weighted by Crippen LogP contribution is 2.18. The summed E-state index contributed by atoms with van der Waals surface area (Å²) >= 11 is 0. The first-order valence-corrected chi connectivity index (χ1v) is 6.99. The second-order valence-corrected chi connectivity index (χ2v) is 5.43. The predicted octanol–water partition coefficient (Wildman–Crippen LogP) is 3.66. The van der Waals surface area contributed by atoms with Crippen LogP contribution in [-0.2, 0) is 12.8 Å². The van der Waals surface area contributed by atoms with Crippen molar-refractivity contribution < 1.29 is 0 Å². The van der Waals surface area contributed by atoms with E-state index >= 15 is 0 Å². The van der Waals surface area contributed by atoms with Crippen LogP contribution in [0.3, 0.4) is 0 Å². The van der Waals surface area contributed by atoms with Crippen LogP contribution in [0.4, 0.5) is 0 Å². The lowest BCUT2D eigenvalue weighted by atomic mass is 9.90. The van der Waals surface area contributed by atoms with Crippen LogP contribution in [0.25, 0.3) is 0 Å². The molecule has 0 aliphatic carbocycles. The van der Waals surface area contributed by atoms with E-state index in [9.17, 15) is 0 Å². The molecule has 2 aromatic carbocycles. The standard InChI is InChI=1S/C18H23N/c1-14-8-9-18(15(2)10-14)12-17(13-19)11-16-6-4-3-5-7-16/h3-10,17H,11-13,19H2,1-2H3. The van der Waals surface area contributed by atoms with E-state index in [1.54, 1.807) is 0 Å². The third-order valence-corrected chi connectivity index (χ3v) is 3.71. The van der Waals surface area contributed by atoms with Crippen molar-refractivity contribution in [1.29, 1.82) is 0 Å². The molecule has 100 valence electrons. The van der Waals surface area contributed by atoms with Crippen LogP contribution >= 0.6 is 0 Å². The van der Waals surface area contributed by atoms with E-state index in [1.165, 1.54) is 22.3 Å². The lowest BCUT2D eigenvalue weighted by molar-refractivity contribution is 0.532. The minimum absolute atomic E-state index is 0.517. The van der Waals surface area contributed by atoms with Crippen molar-refractivity contribution in [3.8, 4) is 0 Å². The fourth-order valence-electron chi connectivity index (χ4n) is 2.57. The van der Waals surface area contributed by atoms with Gasteiger partial charge in [-0.05, 0) is 55.8 Å². The van der Waals surface area contributed by atoms with E-state index in [-0.39, 0.29) is 0 Å². The molecule has 1 atom stereocenters. The van der Waals surface area contributed by atoms with Crippen LogP contribution in [0.1, 0.15) is 22.3 Å². The van der Waals surface area contributed by atoms with Crippen molar-refractivity contribution in [2.24, 2.45) is 11.7 Å². The van der Waals surface area contributed by atoms with E-state index in [4.69, 9.17) is 5.73 Å². The number of hydrogen-bond acceptors (Lipinski definition) is 1. The Morgan fingerprint density at radius 2 is 1.68 bits per heavy atom. The van der Waals surface area contributed by atoms with Crippen molar-refractivity contribution in [1.82, 2.24) is 0 Å². The van der Waals surface area contributed by atoms with Gasteiger partial charge in [0.05, 0.1) is 0 Å². The molecule has 0 saturated heterocycles. The van der Waals surface area contributed by atoms with Gasteiger partial charge in [-0.2, -0.15) is 0 Å². The summed E-state index contributed by atoms with van der Waals surface area (Å²) in [7, 11) is 0. The predicted molar refractivity (Wildman–Crippen MR) is 82.3 cm³/mol. The molecule has 2 N–H and O–H groups in total. The fourth-order valence-corrected chi connectivity index (χ4v) is 2.57.